The maximum absolute atomic E-state index is 15.1. The lowest BCUT2D eigenvalue weighted by molar-refractivity contribution is -0.0136. The quantitative estimate of drug-likeness (QED) is 0.477. The molecule has 0 bridgehead atoms. The van der Waals surface area contributed by atoms with Crippen LogP contribution in [0.15, 0.2) is 23.1 Å². The monoisotopic (exact) mass is 547 g/mol. The predicted molar refractivity (Wildman–Crippen MR) is 143 cm³/mol. The van der Waals surface area contributed by atoms with Crippen molar-refractivity contribution in [1.29, 1.82) is 0 Å². The highest BCUT2D eigenvalue weighted by Crippen LogP contribution is 2.37. The Bertz CT molecular complexity index is 1420. The van der Waals surface area contributed by atoms with Gasteiger partial charge in [-0.2, -0.15) is 0 Å². The van der Waals surface area contributed by atoms with Gasteiger partial charge in [-0.25, -0.2) is 18.7 Å². The Kier molecular flexibility index (Phi) is 7.68. The lowest BCUT2D eigenvalue weighted by atomic mass is 10.0. The summed E-state index contributed by atoms with van der Waals surface area (Å²) < 4.78 is 36.3. The molecule has 11 heteroatoms. The number of halogens is 3. The summed E-state index contributed by atoms with van der Waals surface area (Å²) >= 11 is 6.96. The van der Waals surface area contributed by atoms with E-state index < -0.39 is 18.1 Å². The SMILES string of the molecule is Cc1c(CN2CC[C@H](F)C2)n(C(C)C)c2c(Cl)c(-c3nc(N[C@@H]4CCOC[C@H]4O)ncc3F)ccc2c1=O. The van der Waals surface area contributed by atoms with Gasteiger partial charge >= 0.3 is 0 Å². The Balaban J connectivity index is 1.63. The van der Waals surface area contributed by atoms with E-state index in [0.717, 1.165) is 11.9 Å². The smallest absolute Gasteiger partial charge is 0.223 e. The van der Waals surface area contributed by atoms with Crippen molar-refractivity contribution < 1.29 is 18.6 Å². The van der Waals surface area contributed by atoms with Gasteiger partial charge < -0.3 is 19.7 Å². The zero-order valence-electron chi connectivity index (χ0n) is 21.7. The number of hydrogen-bond acceptors (Lipinski definition) is 7. The number of nitrogens with one attached hydrogen (secondary N) is 1. The van der Waals surface area contributed by atoms with Crippen molar-refractivity contribution in [2.45, 2.75) is 64.5 Å². The van der Waals surface area contributed by atoms with Crippen molar-refractivity contribution in [3.05, 3.63) is 50.7 Å². The fraction of sp³-hybridized carbons (Fsp3) is 0.519. The Hall–Kier alpha value is -2.66. The third-order valence-electron chi connectivity index (χ3n) is 7.41. The van der Waals surface area contributed by atoms with Crippen molar-refractivity contribution in [3.8, 4) is 11.3 Å². The molecule has 1 aromatic carbocycles. The first-order valence-corrected chi connectivity index (χ1v) is 13.3. The van der Waals surface area contributed by atoms with Crippen LogP contribution in [0.4, 0.5) is 14.7 Å². The van der Waals surface area contributed by atoms with Crippen LogP contribution in [-0.4, -0.2) is 69.2 Å². The molecule has 4 heterocycles. The average molecular weight is 548 g/mol. The normalized spacial score (nSPS) is 22.5. The molecule has 38 heavy (non-hydrogen) atoms. The molecule has 2 N–H and O–H groups in total. The van der Waals surface area contributed by atoms with Gasteiger partial charge in [0.15, 0.2) is 11.2 Å². The van der Waals surface area contributed by atoms with E-state index in [9.17, 15) is 14.3 Å². The summed E-state index contributed by atoms with van der Waals surface area (Å²) in [7, 11) is 0. The molecule has 3 aromatic rings. The van der Waals surface area contributed by atoms with E-state index in [4.69, 9.17) is 16.3 Å². The van der Waals surface area contributed by atoms with Gasteiger partial charge in [0.05, 0.1) is 35.5 Å². The van der Waals surface area contributed by atoms with Crippen molar-refractivity contribution in [3.63, 3.8) is 0 Å². The van der Waals surface area contributed by atoms with Crippen molar-refractivity contribution in [2.75, 3.05) is 31.6 Å². The Morgan fingerprint density at radius 3 is 2.79 bits per heavy atom. The number of anilines is 1. The summed E-state index contributed by atoms with van der Waals surface area (Å²) in [6.45, 7) is 7.79. The molecule has 2 aromatic heterocycles. The number of benzene rings is 1. The molecular weight excluding hydrogens is 516 g/mol. The number of pyridine rings is 1. The van der Waals surface area contributed by atoms with E-state index in [1.807, 2.05) is 23.3 Å². The maximum Gasteiger partial charge on any atom is 0.223 e. The fourth-order valence-corrected chi connectivity index (χ4v) is 5.75. The van der Waals surface area contributed by atoms with Gasteiger partial charge in [-0.3, -0.25) is 9.69 Å². The van der Waals surface area contributed by atoms with Gasteiger partial charge in [0.1, 0.15) is 11.9 Å². The van der Waals surface area contributed by atoms with Gasteiger partial charge in [0, 0.05) is 54.5 Å². The molecule has 2 aliphatic heterocycles. The molecule has 5 rings (SSSR count). The minimum absolute atomic E-state index is 0.0133. The molecule has 3 atom stereocenters. The molecule has 0 radical (unpaired) electrons. The number of rotatable bonds is 6. The Morgan fingerprint density at radius 1 is 1.32 bits per heavy atom. The fourth-order valence-electron chi connectivity index (χ4n) is 5.40. The summed E-state index contributed by atoms with van der Waals surface area (Å²) in [6.07, 6.45) is 0.467. The minimum Gasteiger partial charge on any atom is -0.389 e. The van der Waals surface area contributed by atoms with Crippen molar-refractivity contribution in [1.82, 2.24) is 19.4 Å². The molecule has 2 saturated heterocycles. The molecule has 204 valence electrons. The summed E-state index contributed by atoms with van der Waals surface area (Å²) in [5.41, 5.74) is 2.00. The number of alkyl halides is 1. The number of nitrogens with zero attached hydrogens (tertiary/aromatic N) is 4. The second-order valence-electron chi connectivity index (χ2n) is 10.4. The van der Waals surface area contributed by atoms with Crippen LogP contribution in [0.1, 0.15) is 44.0 Å². The van der Waals surface area contributed by atoms with E-state index in [1.54, 1.807) is 19.1 Å². The van der Waals surface area contributed by atoms with Crippen LogP contribution in [0.3, 0.4) is 0 Å². The maximum atomic E-state index is 15.1. The van der Waals surface area contributed by atoms with E-state index in [-0.39, 0.29) is 40.8 Å². The van der Waals surface area contributed by atoms with Crippen molar-refractivity contribution >= 4 is 28.5 Å². The second-order valence-corrected chi connectivity index (χ2v) is 10.8. The van der Waals surface area contributed by atoms with Gasteiger partial charge in [-0.15, -0.1) is 0 Å². The third kappa shape index (κ3) is 5.02. The molecular formula is C27H32ClF2N5O3. The van der Waals surface area contributed by atoms with Crippen LogP contribution in [0.2, 0.25) is 5.02 Å². The first kappa shape index (κ1) is 26.9. The average Bonchev–Trinajstić information content (AvgIpc) is 3.30. The second kappa shape index (κ2) is 10.8. The standard InChI is InChI=1S/C27H32ClF2N5O3/c1-14(2)35-21(12-34-8-6-16(29)11-34)15(3)26(37)18-5-4-17(23(28)25(18)35)24-19(30)10-31-27(33-24)32-20-7-9-38-13-22(20)36/h4-5,10,14,16,20,22,36H,6-9,11-13H2,1-3H3,(H,31,32,33)/t16-,20+,22+/m0/s1. The van der Waals surface area contributed by atoms with E-state index >= 15 is 4.39 Å². The van der Waals surface area contributed by atoms with E-state index in [1.165, 1.54) is 0 Å². The molecule has 2 aliphatic rings. The number of aromatic nitrogens is 3. The van der Waals surface area contributed by atoms with Crippen LogP contribution in [0.5, 0.6) is 0 Å². The Morgan fingerprint density at radius 2 is 2.11 bits per heavy atom. The van der Waals surface area contributed by atoms with Crippen LogP contribution in [0, 0.1) is 12.7 Å². The Labute approximate surface area is 224 Å². The first-order valence-electron chi connectivity index (χ1n) is 12.9. The highest BCUT2D eigenvalue weighted by Gasteiger charge is 2.28. The van der Waals surface area contributed by atoms with Gasteiger partial charge in [-0.1, -0.05) is 17.7 Å². The highest BCUT2D eigenvalue weighted by molar-refractivity contribution is 6.37. The molecule has 0 aliphatic carbocycles. The van der Waals surface area contributed by atoms with Gasteiger partial charge in [0.2, 0.25) is 5.95 Å². The number of aliphatic hydroxyl groups excluding tert-OH is 1. The van der Waals surface area contributed by atoms with Crippen LogP contribution >= 0.6 is 11.6 Å². The lowest BCUT2D eigenvalue weighted by Crippen LogP contribution is -2.42. The molecule has 0 saturated carbocycles. The molecule has 0 amide bonds. The van der Waals surface area contributed by atoms with Crippen LogP contribution in [-0.2, 0) is 11.3 Å². The lowest BCUT2D eigenvalue weighted by Gasteiger charge is -2.28. The zero-order valence-corrected chi connectivity index (χ0v) is 22.4. The summed E-state index contributed by atoms with van der Waals surface area (Å²) in [6, 6.07) is 2.84. The predicted octanol–water partition coefficient (Wildman–Crippen LogP) is 4.25. The zero-order chi connectivity index (χ0) is 27.1. The largest absolute Gasteiger partial charge is 0.389 e. The number of fused-ring (bicyclic) bond motifs is 1. The minimum atomic E-state index is -0.879. The first-order chi connectivity index (χ1) is 18.2. The molecule has 8 nitrogen and oxygen atoms in total. The van der Waals surface area contributed by atoms with E-state index in [2.05, 4.69) is 15.3 Å². The molecule has 0 spiro atoms. The summed E-state index contributed by atoms with van der Waals surface area (Å²) in [5.74, 6) is -0.509. The number of ether oxygens (including phenoxy) is 1. The third-order valence-corrected chi connectivity index (χ3v) is 7.79. The van der Waals surface area contributed by atoms with E-state index in [0.29, 0.717) is 61.1 Å². The van der Waals surface area contributed by atoms with Crippen LogP contribution in [0.25, 0.3) is 22.2 Å². The highest BCUT2D eigenvalue weighted by atomic mass is 35.5. The van der Waals surface area contributed by atoms with Gasteiger partial charge in [0.25, 0.3) is 0 Å². The van der Waals surface area contributed by atoms with Crippen LogP contribution < -0.4 is 10.7 Å². The topological polar surface area (TPSA) is 92.5 Å². The number of aliphatic hydroxyl groups is 1. The number of likely N-dealkylation sites (tertiary alicyclic amines) is 1. The number of hydrogen-bond donors (Lipinski definition) is 2. The molecule has 2 fully saturated rings. The molecule has 0 unspecified atom stereocenters. The summed E-state index contributed by atoms with van der Waals surface area (Å²) in [5, 5.41) is 13.9. The van der Waals surface area contributed by atoms with Gasteiger partial charge in [-0.05, 0) is 39.7 Å². The van der Waals surface area contributed by atoms with Crippen molar-refractivity contribution in [2.24, 2.45) is 0 Å². The summed E-state index contributed by atoms with van der Waals surface area (Å²) in [4.78, 5) is 23.9.